The first-order valence-corrected chi connectivity index (χ1v) is 12.9. The minimum absolute atomic E-state index is 0.618. The summed E-state index contributed by atoms with van der Waals surface area (Å²) in [6.45, 7) is 15.6. The minimum atomic E-state index is -1.09. The molecule has 0 fully saturated rings. The molecule has 0 amide bonds. The summed E-state index contributed by atoms with van der Waals surface area (Å²) in [4.78, 5) is 15.0. The fourth-order valence-corrected chi connectivity index (χ4v) is 4.91. The van der Waals surface area contributed by atoms with Gasteiger partial charge in [-0.1, -0.05) is 64.4 Å². The van der Waals surface area contributed by atoms with E-state index < -0.39 is 16.8 Å². The maximum absolute atomic E-state index is 12.7. The summed E-state index contributed by atoms with van der Waals surface area (Å²) >= 11 is 0. The van der Waals surface area contributed by atoms with Crippen LogP contribution in [-0.2, 0) is 16.6 Å². The number of unbranched alkanes of at least 4 members (excludes halogenated alkanes) is 1. The summed E-state index contributed by atoms with van der Waals surface area (Å²) in [5.74, 6) is 0.829. The molecule has 2 aromatic carbocycles. The fourth-order valence-electron chi connectivity index (χ4n) is 4.91. The van der Waals surface area contributed by atoms with E-state index in [0.717, 1.165) is 72.5 Å². The van der Waals surface area contributed by atoms with Gasteiger partial charge in [0.2, 0.25) is 0 Å². The zero-order valence-corrected chi connectivity index (χ0v) is 22.2. The van der Waals surface area contributed by atoms with Gasteiger partial charge in [-0.2, -0.15) is 0 Å². The van der Waals surface area contributed by atoms with E-state index in [0.29, 0.717) is 6.61 Å². The van der Waals surface area contributed by atoms with Crippen molar-refractivity contribution in [3.63, 3.8) is 0 Å². The largest absolute Gasteiger partial charge is 0.492 e. The Morgan fingerprint density at radius 3 is 2.26 bits per heavy atom. The highest BCUT2D eigenvalue weighted by molar-refractivity contribution is 5.87. The molecular weight excluding hydrogens is 438 g/mol. The van der Waals surface area contributed by atoms with Gasteiger partial charge in [0.15, 0.2) is 0 Å². The van der Waals surface area contributed by atoms with Crippen molar-refractivity contribution >= 4 is 16.9 Å². The van der Waals surface area contributed by atoms with Crippen molar-refractivity contribution in [3.8, 4) is 5.75 Å². The highest BCUT2D eigenvalue weighted by atomic mass is 16.5. The molecule has 1 unspecified atom stereocenters. The lowest BCUT2D eigenvalue weighted by Gasteiger charge is -2.42. The van der Waals surface area contributed by atoms with Crippen LogP contribution in [0.1, 0.15) is 71.3 Å². The van der Waals surface area contributed by atoms with Crippen LogP contribution in [0.3, 0.4) is 0 Å². The molecule has 0 radical (unpaired) electrons. The van der Waals surface area contributed by atoms with Crippen LogP contribution in [0.15, 0.2) is 52.9 Å². The molecule has 0 spiro atoms. The lowest BCUT2D eigenvalue weighted by Crippen LogP contribution is -2.46. The van der Waals surface area contributed by atoms with E-state index in [1.165, 1.54) is 0 Å². The van der Waals surface area contributed by atoms with Crippen LogP contribution in [0.4, 0.5) is 0 Å². The summed E-state index contributed by atoms with van der Waals surface area (Å²) in [5, 5.41) is 11.4. The molecule has 1 atom stereocenters. The number of carbonyl (C=O) groups is 1. The minimum Gasteiger partial charge on any atom is -0.492 e. The van der Waals surface area contributed by atoms with Gasteiger partial charge in [-0.25, -0.2) is 0 Å². The summed E-state index contributed by atoms with van der Waals surface area (Å²) in [6.07, 6.45) is 2.79. The SMILES string of the molecule is CCCCc1oc2ccccc2c1C(C)(c1ccc(OCCN(CC)CC)cc1)C(C)(C)C(=O)O. The number of benzene rings is 2. The number of para-hydroxylation sites is 1. The van der Waals surface area contributed by atoms with Crippen molar-refractivity contribution < 1.29 is 19.1 Å². The van der Waals surface area contributed by atoms with E-state index in [9.17, 15) is 9.90 Å². The number of nitrogens with zero attached hydrogens (tertiary/aromatic N) is 1. The zero-order chi connectivity index (χ0) is 25.6. The second-order valence-corrected chi connectivity index (χ2v) is 9.95. The maximum atomic E-state index is 12.7. The van der Waals surface area contributed by atoms with E-state index in [1.54, 1.807) is 0 Å². The Balaban J connectivity index is 2.08. The Hall–Kier alpha value is -2.79. The van der Waals surface area contributed by atoms with Crippen LogP contribution < -0.4 is 4.74 Å². The van der Waals surface area contributed by atoms with Crippen molar-refractivity contribution in [1.29, 1.82) is 0 Å². The average Bonchev–Trinajstić information content (AvgIpc) is 3.23. The van der Waals surface area contributed by atoms with Gasteiger partial charge >= 0.3 is 5.97 Å². The molecule has 1 heterocycles. The number of hydrogen-bond donors (Lipinski definition) is 1. The number of hydrogen-bond acceptors (Lipinski definition) is 4. The van der Waals surface area contributed by atoms with E-state index in [2.05, 4.69) is 25.7 Å². The third kappa shape index (κ3) is 5.25. The number of furan rings is 1. The Labute approximate surface area is 210 Å². The summed E-state index contributed by atoms with van der Waals surface area (Å²) in [7, 11) is 0. The van der Waals surface area contributed by atoms with Crippen molar-refractivity contribution in [3.05, 3.63) is 65.4 Å². The molecule has 3 aromatic rings. The summed E-state index contributed by atoms with van der Waals surface area (Å²) in [5.41, 5.74) is 0.798. The number of rotatable bonds is 13. The second kappa shape index (κ2) is 11.3. The van der Waals surface area contributed by atoms with E-state index in [-0.39, 0.29) is 0 Å². The quantitative estimate of drug-likeness (QED) is 0.288. The Morgan fingerprint density at radius 2 is 1.66 bits per heavy atom. The number of carboxylic acids is 1. The molecule has 1 N–H and O–H groups in total. The molecule has 5 nitrogen and oxygen atoms in total. The molecular formula is C30H41NO4. The first-order valence-electron chi connectivity index (χ1n) is 12.9. The van der Waals surface area contributed by atoms with Crippen LogP contribution in [0.5, 0.6) is 5.75 Å². The predicted octanol–water partition coefficient (Wildman–Crippen LogP) is 6.91. The molecule has 0 saturated heterocycles. The molecule has 1 aromatic heterocycles. The number of carboxylic acid groups (broad SMARTS) is 1. The van der Waals surface area contributed by atoms with Gasteiger partial charge in [0, 0.05) is 29.3 Å². The van der Waals surface area contributed by atoms with Crippen molar-refractivity contribution in [2.75, 3.05) is 26.2 Å². The van der Waals surface area contributed by atoms with Crippen molar-refractivity contribution in [1.82, 2.24) is 4.90 Å². The first kappa shape index (κ1) is 26.8. The van der Waals surface area contributed by atoms with Gasteiger partial charge in [0.25, 0.3) is 0 Å². The smallest absolute Gasteiger partial charge is 0.310 e. The highest BCUT2D eigenvalue weighted by Crippen LogP contribution is 2.51. The Morgan fingerprint density at radius 1 is 1.00 bits per heavy atom. The van der Waals surface area contributed by atoms with Gasteiger partial charge in [0.1, 0.15) is 23.7 Å². The monoisotopic (exact) mass is 479 g/mol. The third-order valence-electron chi connectivity index (χ3n) is 7.71. The number of aryl methyl sites for hydroxylation is 1. The number of ether oxygens (including phenoxy) is 1. The molecule has 0 aliphatic heterocycles. The molecule has 35 heavy (non-hydrogen) atoms. The molecule has 190 valence electrons. The zero-order valence-electron chi connectivity index (χ0n) is 22.2. The topological polar surface area (TPSA) is 62.9 Å². The Bertz CT molecular complexity index is 1110. The van der Waals surface area contributed by atoms with Crippen LogP contribution in [0.2, 0.25) is 0 Å². The van der Waals surface area contributed by atoms with Crippen LogP contribution >= 0.6 is 0 Å². The van der Waals surface area contributed by atoms with Crippen molar-refractivity contribution in [2.45, 2.75) is 66.2 Å². The second-order valence-electron chi connectivity index (χ2n) is 9.95. The van der Waals surface area contributed by atoms with E-state index in [4.69, 9.17) is 9.15 Å². The molecule has 0 aliphatic carbocycles. The maximum Gasteiger partial charge on any atom is 0.310 e. The lowest BCUT2D eigenvalue weighted by molar-refractivity contribution is -0.150. The molecule has 5 heteroatoms. The first-order chi connectivity index (χ1) is 16.7. The van der Waals surface area contributed by atoms with Gasteiger partial charge in [-0.15, -0.1) is 0 Å². The lowest BCUT2D eigenvalue weighted by atomic mass is 9.58. The molecule has 0 bridgehead atoms. The van der Waals surface area contributed by atoms with Gasteiger partial charge in [-0.05, 0) is 57.1 Å². The number of fused-ring (bicyclic) bond motifs is 1. The molecule has 0 saturated carbocycles. The van der Waals surface area contributed by atoms with Crippen LogP contribution in [-0.4, -0.2) is 42.2 Å². The highest BCUT2D eigenvalue weighted by Gasteiger charge is 2.51. The van der Waals surface area contributed by atoms with Gasteiger partial charge in [0.05, 0.1) is 5.41 Å². The standard InChI is InChI=1S/C30H41NO4/c1-7-10-14-26-27(24-13-11-12-15-25(24)35-26)30(6,29(4,5)28(32)33)22-16-18-23(19-17-22)34-21-20-31(8-2)9-3/h11-13,15-19H,7-10,14,20-21H2,1-6H3,(H,32,33). The third-order valence-corrected chi connectivity index (χ3v) is 7.71. The number of aliphatic carboxylic acids is 1. The Kier molecular flexibility index (Phi) is 8.65. The predicted molar refractivity (Wildman–Crippen MR) is 142 cm³/mol. The van der Waals surface area contributed by atoms with Gasteiger partial charge in [-0.3, -0.25) is 4.79 Å². The summed E-state index contributed by atoms with van der Waals surface area (Å²) in [6, 6.07) is 15.9. The van der Waals surface area contributed by atoms with Gasteiger partial charge < -0.3 is 19.2 Å². The fraction of sp³-hybridized carbons (Fsp3) is 0.500. The van der Waals surface area contributed by atoms with E-state index >= 15 is 0 Å². The van der Waals surface area contributed by atoms with E-state index in [1.807, 2.05) is 69.3 Å². The molecule has 3 rings (SSSR count). The average molecular weight is 480 g/mol. The normalized spacial score (nSPS) is 13.8. The van der Waals surface area contributed by atoms with Crippen molar-refractivity contribution in [2.24, 2.45) is 5.41 Å². The number of likely N-dealkylation sites (N-methyl/N-ethyl adjacent to an activating group) is 1. The summed E-state index contributed by atoms with van der Waals surface area (Å²) < 4.78 is 12.3. The molecule has 0 aliphatic rings. The van der Waals surface area contributed by atoms with Crippen LogP contribution in [0, 0.1) is 5.41 Å². The van der Waals surface area contributed by atoms with Crippen LogP contribution in [0.25, 0.3) is 11.0 Å².